The summed E-state index contributed by atoms with van der Waals surface area (Å²) < 4.78 is 6.38. The van der Waals surface area contributed by atoms with Gasteiger partial charge in [0.05, 0.1) is 30.1 Å². The zero-order valence-electron chi connectivity index (χ0n) is 18.7. The molecule has 2 N–H and O–H groups in total. The number of hydrogen-bond donors (Lipinski definition) is 2. The summed E-state index contributed by atoms with van der Waals surface area (Å²) in [7, 11) is 0. The molecule has 2 amide bonds. The highest BCUT2D eigenvalue weighted by atomic mass is 35.5. The standard InChI is InChI=1S/C24H29ClN2O6/c1-4-12-26(16-8-6-14(25)7-9-16)21(30)19-24-11-10-23(3,33-24)18(22(31)32)17(24)20(29)27(19)15(5-2)13-28/h4,6-9,15,17-19,28H,1,5,10-13H2,2-3H3,(H,31,32)/t15-,17-,18-,19?,23+,24?/m0/s1. The molecular formula is C24H29ClN2O6. The fraction of sp³-hybridized carbons (Fsp3) is 0.542. The molecule has 3 heterocycles. The third-order valence-corrected chi connectivity index (χ3v) is 7.76. The molecular weight excluding hydrogens is 448 g/mol. The highest BCUT2D eigenvalue weighted by Gasteiger charge is 2.78. The van der Waals surface area contributed by atoms with E-state index in [-0.39, 0.29) is 13.2 Å². The van der Waals surface area contributed by atoms with Gasteiger partial charge in [-0.25, -0.2) is 0 Å². The first-order chi connectivity index (χ1) is 15.6. The van der Waals surface area contributed by atoms with Crippen LogP contribution in [0.1, 0.15) is 33.1 Å². The van der Waals surface area contributed by atoms with Gasteiger partial charge in [0.1, 0.15) is 11.6 Å². The van der Waals surface area contributed by atoms with Crippen LogP contribution in [0.5, 0.6) is 0 Å². The van der Waals surface area contributed by atoms with Crippen LogP contribution in [-0.2, 0) is 19.1 Å². The molecule has 9 heteroatoms. The number of aliphatic hydroxyl groups excluding tert-OH is 1. The van der Waals surface area contributed by atoms with E-state index in [9.17, 15) is 24.6 Å². The number of nitrogens with zero attached hydrogens (tertiary/aromatic N) is 2. The molecule has 0 saturated carbocycles. The van der Waals surface area contributed by atoms with E-state index < -0.39 is 52.9 Å². The zero-order valence-corrected chi connectivity index (χ0v) is 19.5. The number of aliphatic carboxylic acids is 1. The number of carbonyl (C=O) groups excluding carboxylic acids is 2. The predicted molar refractivity (Wildman–Crippen MR) is 122 cm³/mol. The molecule has 2 unspecified atom stereocenters. The Hall–Kier alpha value is -2.42. The molecule has 3 aliphatic heterocycles. The van der Waals surface area contributed by atoms with Crippen molar-refractivity contribution in [1.29, 1.82) is 0 Å². The Labute approximate surface area is 197 Å². The van der Waals surface area contributed by atoms with Gasteiger partial charge in [-0.1, -0.05) is 24.6 Å². The summed E-state index contributed by atoms with van der Waals surface area (Å²) in [6.45, 7) is 7.12. The minimum atomic E-state index is -1.26. The number of benzene rings is 1. The van der Waals surface area contributed by atoms with E-state index in [1.165, 1.54) is 9.80 Å². The van der Waals surface area contributed by atoms with Crippen LogP contribution in [0.2, 0.25) is 5.02 Å². The van der Waals surface area contributed by atoms with Gasteiger partial charge in [-0.15, -0.1) is 6.58 Å². The average Bonchev–Trinajstić information content (AvgIpc) is 3.35. The molecule has 3 saturated heterocycles. The number of carboxylic acid groups (broad SMARTS) is 1. The molecule has 178 valence electrons. The minimum Gasteiger partial charge on any atom is -0.481 e. The van der Waals surface area contributed by atoms with E-state index in [0.717, 1.165) is 0 Å². The van der Waals surface area contributed by atoms with Crippen molar-refractivity contribution in [2.24, 2.45) is 11.8 Å². The van der Waals surface area contributed by atoms with Crippen LogP contribution >= 0.6 is 11.6 Å². The minimum absolute atomic E-state index is 0.176. The van der Waals surface area contributed by atoms with E-state index >= 15 is 0 Å². The van der Waals surface area contributed by atoms with Crippen molar-refractivity contribution >= 4 is 35.1 Å². The summed E-state index contributed by atoms with van der Waals surface area (Å²) in [4.78, 5) is 43.0. The Balaban J connectivity index is 1.85. The smallest absolute Gasteiger partial charge is 0.310 e. The van der Waals surface area contributed by atoms with Gasteiger partial charge < -0.3 is 24.7 Å². The number of halogens is 1. The molecule has 1 spiro atoms. The lowest BCUT2D eigenvalue weighted by Gasteiger charge is -2.39. The fourth-order valence-electron chi connectivity index (χ4n) is 6.05. The maximum Gasteiger partial charge on any atom is 0.310 e. The van der Waals surface area contributed by atoms with Crippen molar-refractivity contribution in [2.45, 2.75) is 56.4 Å². The van der Waals surface area contributed by atoms with E-state index in [2.05, 4.69) is 6.58 Å². The first-order valence-corrected chi connectivity index (χ1v) is 11.6. The maximum absolute atomic E-state index is 14.2. The number of ether oxygens (including phenoxy) is 1. The normalized spacial score (nSPS) is 33.2. The highest BCUT2D eigenvalue weighted by molar-refractivity contribution is 6.30. The second-order valence-electron chi connectivity index (χ2n) is 9.27. The molecule has 1 aromatic rings. The van der Waals surface area contributed by atoms with Gasteiger partial charge in [-0.2, -0.15) is 0 Å². The Bertz CT molecular complexity index is 980. The van der Waals surface area contributed by atoms with E-state index in [1.807, 2.05) is 6.92 Å². The second-order valence-corrected chi connectivity index (χ2v) is 9.71. The Morgan fingerprint density at radius 2 is 2.03 bits per heavy atom. The monoisotopic (exact) mass is 476 g/mol. The summed E-state index contributed by atoms with van der Waals surface area (Å²) in [5, 5.41) is 20.6. The Kier molecular flexibility index (Phi) is 6.05. The number of carboxylic acids is 1. The Morgan fingerprint density at radius 1 is 1.36 bits per heavy atom. The quantitative estimate of drug-likeness (QED) is 0.558. The average molecular weight is 477 g/mol. The molecule has 0 aliphatic carbocycles. The van der Waals surface area contributed by atoms with Crippen LogP contribution in [0.15, 0.2) is 36.9 Å². The molecule has 0 radical (unpaired) electrons. The molecule has 4 rings (SSSR count). The SMILES string of the molecule is C=CCN(C(=O)C1N([C@@H](CC)CO)C(=O)[C@@H]2[C@@H](C(=O)O)[C@@]3(C)CCC12O3)c1ccc(Cl)cc1. The van der Waals surface area contributed by atoms with Gasteiger partial charge in [0.2, 0.25) is 5.91 Å². The molecule has 6 atom stereocenters. The topological polar surface area (TPSA) is 107 Å². The lowest BCUT2D eigenvalue weighted by molar-refractivity contribution is -0.155. The van der Waals surface area contributed by atoms with Gasteiger partial charge in [0.15, 0.2) is 0 Å². The van der Waals surface area contributed by atoms with Gasteiger partial charge in [0.25, 0.3) is 5.91 Å². The van der Waals surface area contributed by atoms with Crippen LogP contribution in [0.25, 0.3) is 0 Å². The maximum atomic E-state index is 14.2. The number of rotatable bonds is 8. The van der Waals surface area contributed by atoms with Gasteiger partial charge in [-0.3, -0.25) is 14.4 Å². The number of likely N-dealkylation sites (tertiary alicyclic amines) is 1. The van der Waals surface area contributed by atoms with Gasteiger partial charge in [0, 0.05) is 17.3 Å². The van der Waals surface area contributed by atoms with E-state index in [0.29, 0.717) is 30.0 Å². The predicted octanol–water partition coefficient (Wildman–Crippen LogP) is 2.48. The van der Waals surface area contributed by atoms with Crippen LogP contribution < -0.4 is 4.90 Å². The van der Waals surface area contributed by atoms with Gasteiger partial charge in [-0.05, 0) is 50.5 Å². The zero-order chi connectivity index (χ0) is 24.1. The summed E-state index contributed by atoms with van der Waals surface area (Å²) in [5.74, 6) is -3.99. The first kappa shape index (κ1) is 23.7. The molecule has 0 aromatic heterocycles. The number of hydrogen-bond acceptors (Lipinski definition) is 5. The number of carbonyl (C=O) groups is 3. The molecule has 2 bridgehead atoms. The summed E-state index contributed by atoms with van der Waals surface area (Å²) in [6, 6.07) is 5.05. The van der Waals surface area contributed by atoms with E-state index in [4.69, 9.17) is 16.3 Å². The number of anilines is 1. The molecule has 3 aliphatic rings. The number of amides is 2. The molecule has 3 fully saturated rings. The van der Waals surface area contributed by atoms with Crippen molar-refractivity contribution in [3.05, 3.63) is 41.9 Å². The van der Waals surface area contributed by atoms with Crippen molar-refractivity contribution in [3.8, 4) is 0 Å². The van der Waals surface area contributed by atoms with Crippen molar-refractivity contribution in [1.82, 2.24) is 4.90 Å². The molecule has 8 nitrogen and oxygen atoms in total. The molecule has 1 aromatic carbocycles. The largest absolute Gasteiger partial charge is 0.481 e. The van der Waals surface area contributed by atoms with Crippen molar-refractivity contribution < 1.29 is 29.3 Å². The summed E-state index contributed by atoms with van der Waals surface area (Å²) in [5.41, 5.74) is -1.72. The summed E-state index contributed by atoms with van der Waals surface area (Å²) in [6.07, 6.45) is 2.82. The van der Waals surface area contributed by atoms with Gasteiger partial charge >= 0.3 is 5.97 Å². The lowest BCUT2D eigenvalue weighted by atomic mass is 9.66. The molecule has 33 heavy (non-hydrogen) atoms. The fourth-order valence-corrected chi connectivity index (χ4v) is 6.17. The van der Waals surface area contributed by atoms with Crippen LogP contribution in [0.3, 0.4) is 0 Å². The third-order valence-electron chi connectivity index (χ3n) is 7.51. The Morgan fingerprint density at radius 3 is 2.58 bits per heavy atom. The van der Waals surface area contributed by atoms with Crippen molar-refractivity contribution in [2.75, 3.05) is 18.1 Å². The van der Waals surface area contributed by atoms with E-state index in [1.54, 1.807) is 37.3 Å². The second kappa shape index (κ2) is 8.42. The number of fused-ring (bicyclic) bond motifs is 1. The lowest BCUT2D eigenvalue weighted by Crippen LogP contribution is -2.59. The van der Waals surface area contributed by atoms with Crippen molar-refractivity contribution in [3.63, 3.8) is 0 Å². The highest BCUT2D eigenvalue weighted by Crippen LogP contribution is 2.63. The first-order valence-electron chi connectivity index (χ1n) is 11.2. The van der Waals surface area contributed by atoms with Crippen LogP contribution in [0, 0.1) is 11.8 Å². The van der Waals surface area contributed by atoms with Crippen LogP contribution in [0.4, 0.5) is 5.69 Å². The summed E-state index contributed by atoms with van der Waals surface area (Å²) >= 11 is 6.03. The number of aliphatic hydroxyl groups is 1. The third kappa shape index (κ3) is 3.38. The van der Waals surface area contributed by atoms with Crippen LogP contribution in [-0.4, -0.2) is 69.3 Å².